The molecule has 0 fully saturated rings. The Bertz CT molecular complexity index is 1180. The van der Waals surface area contributed by atoms with Crippen molar-refractivity contribution in [2.24, 2.45) is 0 Å². The van der Waals surface area contributed by atoms with E-state index in [0.29, 0.717) is 17.9 Å². The second-order valence-corrected chi connectivity index (χ2v) is 7.64. The van der Waals surface area contributed by atoms with E-state index in [0.717, 1.165) is 33.6 Å². The molecule has 156 valence electrons. The fourth-order valence-corrected chi connectivity index (χ4v) is 4.55. The number of hydrogen-bond donors (Lipinski definition) is 0. The van der Waals surface area contributed by atoms with Gasteiger partial charge in [-0.3, -0.25) is 4.79 Å². The summed E-state index contributed by atoms with van der Waals surface area (Å²) in [4.78, 5) is 13.5. The molecule has 1 atom stereocenters. The minimum absolute atomic E-state index is 0.209. The van der Waals surface area contributed by atoms with Gasteiger partial charge in [-0.2, -0.15) is 0 Å². The van der Waals surface area contributed by atoms with Crippen molar-refractivity contribution in [3.05, 3.63) is 89.0 Å². The van der Waals surface area contributed by atoms with Crippen LogP contribution in [0.15, 0.2) is 66.7 Å². The summed E-state index contributed by atoms with van der Waals surface area (Å²) in [6, 6.07) is 21.6. The standard InChI is InChI=1S/C26H22O5/c1-28-20-10-8-18(9-11-20)22-14-19-5-3-4-6-21(19)26(22,25(27)29-2)15-17-7-12-23-24(13-17)31-16-30-23/h3-14H,15-16H2,1-2H3. The van der Waals surface area contributed by atoms with Crippen LogP contribution in [0.25, 0.3) is 11.6 Å². The third-order valence-electron chi connectivity index (χ3n) is 6.02. The maximum absolute atomic E-state index is 13.5. The van der Waals surface area contributed by atoms with Crippen molar-refractivity contribution >= 4 is 17.6 Å². The lowest BCUT2D eigenvalue weighted by molar-refractivity contribution is -0.145. The molecule has 5 rings (SSSR count). The second kappa shape index (κ2) is 7.51. The highest BCUT2D eigenvalue weighted by atomic mass is 16.7. The minimum atomic E-state index is -0.979. The quantitative estimate of drug-likeness (QED) is 0.570. The Balaban J connectivity index is 1.67. The molecule has 1 heterocycles. The number of carbonyl (C=O) groups excluding carboxylic acids is 1. The summed E-state index contributed by atoms with van der Waals surface area (Å²) in [6.45, 7) is 0.209. The van der Waals surface area contributed by atoms with E-state index in [1.54, 1.807) is 7.11 Å². The average Bonchev–Trinajstić information content (AvgIpc) is 3.41. The number of fused-ring (bicyclic) bond motifs is 2. The zero-order valence-electron chi connectivity index (χ0n) is 17.4. The monoisotopic (exact) mass is 414 g/mol. The zero-order chi connectivity index (χ0) is 21.4. The average molecular weight is 414 g/mol. The van der Waals surface area contributed by atoms with E-state index in [-0.39, 0.29) is 12.8 Å². The molecular weight excluding hydrogens is 392 g/mol. The molecule has 5 nitrogen and oxygen atoms in total. The lowest BCUT2D eigenvalue weighted by atomic mass is 9.70. The van der Waals surface area contributed by atoms with Crippen LogP contribution in [0.5, 0.6) is 17.2 Å². The van der Waals surface area contributed by atoms with E-state index in [1.807, 2.05) is 66.7 Å². The summed E-state index contributed by atoms with van der Waals surface area (Å²) >= 11 is 0. The minimum Gasteiger partial charge on any atom is -0.497 e. The SMILES string of the molecule is COC(=O)C1(Cc2ccc3c(c2)OCO3)C(c2ccc(OC)cc2)=Cc2ccccc21. The Morgan fingerprint density at radius 2 is 1.74 bits per heavy atom. The highest BCUT2D eigenvalue weighted by Gasteiger charge is 2.49. The van der Waals surface area contributed by atoms with Crippen molar-refractivity contribution < 1.29 is 23.7 Å². The molecule has 2 aliphatic rings. The van der Waals surface area contributed by atoms with Gasteiger partial charge in [-0.1, -0.05) is 42.5 Å². The Morgan fingerprint density at radius 1 is 0.968 bits per heavy atom. The van der Waals surface area contributed by atoms with Gasteiger partial charge in [0.15, 0.2) is 11.5 Å². The Kier molecular flexibility index (Phi) is 4.66. The van der Waals surface area contributed by atoms with Gasteiger partial charge in [-0.05, 0) is 64.6 Å². The number of rotatable bonds is 5. The van der Waals surface area contributed by atoms with Gasteiger partial charge in [-0.15, -0.1) is 0 Å². The van der Waals surface area contributed by atoms with E-state index in [2.05, 4.69) is 6.08 Å². The predicted molar refractivity (Wildman–Crippen MR) is 117 cm³/mol. The molecule has 3 aromatic rings. The zero-order valence-corrected chi connectivity index (χ0v) is 17.4. The maximum Gasteiger partial charge on any atom is 0.321 e. The van der Waals surface area contributed by atoms with Gasteiger partial charge in [-0.25, -0.2) is 0 Å². The number of esters is 1. The Morgan fingerprint density at radius 3 is 2.52 bits per heavy atom. The lowest BCUT2D eigenvalue weighted by Gasteiger charge is -2.32. The molecule has 1 unspecified atom stereocenters. The van der Waals surface area contributed by atoms with Gasteiger partial charge >= 0.3 is 5.97 Å². The second-order valence-electron chi connectivity index (χ2n) is 7.64. The molecule has 0 bridgehead atoms. The van der Waals surface area contributed by atoms with Gasteiger partial charge in [0.25, 0.3) is 0 Å². The molecule has 0 N–H and O–H groups in total. The first-order chi connectivity index (χ1) is 15.2. The van der Waals surface area contributed by atoms with E-state index in [9.17, 15) is 4.79 Å². The third-order valence-corrected chi connectivity index (χ3v) is 6.02. The number of methoxy groups -OCH3 is 2. The summed E-state index contributed by atoms with van der Waals surface area (Å²) in [5, 5.41) is 0. The van der Waals surface area contributed by atoms with Crippen molar-refractivity contribution in [2.45, 2.75) is 11.8 Å². The molecule has 0 spiro atoms. The molecule has 0 radical (unpaired) electrons. The molecule has 1 aliphatic carbocycles. The molecular formula is C26H22O5. The fourth-order valence-electron chi connectivity index (χ4n) is 4.55. The van der Waals surface area contributed by atoms with E-state index in [1.165, 1.54) is 7.11 Å². The van der Waals surface area contributed by atoms with Crippen molar-refractivity contribution in [1.82, 2.24) is 0 Å². The van der Waals surface area contributed by atoms with Crippen molar-refractivity contribution in [3.8, 4) is 17.2 Å². The number of hydrogen-bond acceptors (Lipinski definition) is 5. The summed E-state index contributed by atoms with van der Waals surface area (Å²) in [5.41, 5.74) is 3.78. The third kappa shape index (κ3) is 3.05. The van der Waals surface area contributed by atoms with Crippen LogP contribution < -0.4 is 14.2 Å². The fraction of sp³-hybridized carbons (Fsp3) is 0.192. The number of ether oxygens (including phenoxy) is 4. The van der Waals surface area contributed by atoms with Crippen LogP contribution >= 0.6 is 0 Å². The van der Waals surface area contributed by atoms with Crippen LogP contribution in [0.2, 0.25) is 0 Å². The Labute approximate surface area is 180 Å². The lowest BCUT2D eigenvalue weighted by Crippen LogP contribution is -2.39. The van der Waals surface area contributed by atoms with E-state index in [4.69, 9.17) is 18.9 Å². The first-order valence-electron chi connectivity index (χ1n) is 10.1. The van der Waals surface area contributed by atoms with Gasteiger partial charge in [0, 0.05) is 0 Å². The smallest absolute Gasteiger partial charge is 0.321 e. The number of carbonyl (C=O) groups is 1. The summed E-state index contributed by atoms with van der Waals surface area (Å²) in [7, 11) is 3.08. The molecule has 0 amide bonds. The molecule has 0 saturated heterocycles. The highest BCUT2D eigenvalue weighted by molar-refractivity contribution is 6.09. The molecule has 5 heteroatoms. The van der Waals surface area contributed by atoms with Crippen molar-refractivity contribution in [1.29, 1.82) is 0 Å². The van der Waals surface area contributed by atoms with Gasteiger partial charge in [0.1, 0.15) is 11.2 Å². The largest absolute Gasteiger partial charge is 0.497 e. The summed E-state index contributed by atoms with van der Waals surface area (Å²) < 4.78 is 21.7. The van der Waals surface area contributed by atoms with Crippen LogP contribution in [0, 0.1) is 0 Å². The molecule has 0 aromatic heterocycles. The summed E-state index contributed by atoms with van der Waals surface area (Å²) in [6.07, 6.45) is 2.52. The normalized spacial score (nSPS) is 18.3. The van der Waals surface area contributed by atoms with Gasteiger partial charge in [0.2, 0.25) is 6.79 Å². The molecule has 0 saturated carbocycles. The maximum atomic E-state index is 13.5. The van der Waals surface area contributed by atoms with Crippen molar-refractivity contribution in [3.63, 3.8) is 0 Å². The van der Waals surface area contributed by atoms with E-state index >= 15 is 0 Å². The van der Waals surface area contributed by atoms with Crippen LogP contribution in [-0.2, 0) is 21.4 Å². The van der Waals surface area contributed by atoms with Crippen LogP contribution in [0.3, 0.4) is 0 Å². The van der Waals surface area contributed by atoms with Gasteiger partial charge < -0.3 is 18.9 Å². The summed E-state index contributed by atoms with van der Waals surface area (Å²) in [5.74, 6) is 1.88. The van der Waals surface area contributed by atoms with Crippen LogP contribution in [0.4, 0.5) is 0 Å². The van der Waals surface area contributed by atoms with Gasteiger partial charge in [0.05, 0.1) is 14.2 Å². The van der Waals surface area contributed by atoms with Crippen LogP contribution in [0.1, 0.15) is 22.3 Å². The van der Waals surface area contributed by atoms with E-state index < -0.39 is 5.41 Å². The first-order valence-corrected chi connectivity index (χ1v) is 10.1. The Hall–Kier alpha value is -3.73. The highest BCUT2D eigenvalue weighted by Crippen LogP contribution is 2.50. The molecule has 1 aliphatic heterocycles. The van der Waals surface area contributed by atoms with Crippen LogP contribution in [-0.4, -0.2) is 27.0 Å². The van der Waals surface area contributed by atoms with Crippen molar-refractivity contribution in [2.75, 3.05) is 21.0 Å². The first kappa shape index (κ1) is 19.2. The topological polar surface area (TPSA) is 54.0 Å². The molecule has 3 aromatic carbocycles. The predicted octanol–water partition coefficient (Wildman–Crippen LogP) is 4.63. The molecule has 31 heavy (non-hydrogen) atoms. The number of benzene rings is 3.